The quantitative estimate of drug-likeness (QED) is 0.568. The van der Waals surface area contributed by atoms with E-state index in [1.54, 1.807) is 12.1 Å². The Morgan fingerprint density at radius 1 is 1.26 bits per heavy atom. The third kappa shape index (κ3) is 5.03. The highest BCUT2D eigenvalue weighted by molar-refractivity contribution is 9.10. The van der Waals surface area contributed by atoms with E-state index in [9.17, 15) is 9.59 Å². The number of esters is 1. The van der Waals surface area contributed by atoms with Crippen LogP contribution >= 0.6 is 15.9 Å². The van der Waals surface area contributed by atoms with Gasteiger partial charge < -0.3 is 9.47 Å². The van der Waals surface area contributed by atoms with Crippen molar-refractivity contribution < 1.29 is 19.1 Å². The second kappa shape index (κ2) is 7.94. The minimum absolute atomic E-state index is 0.0784. The number of ether oxygens (including phenoxy) is 2. The molecule has 0 fully saturated rings. The summed E-state index contributed by atoms with van der Waals surface area (Å²) in [7, 11) is 1.31. The summed E-state index contributed by atoms with van der Waals surface area (Å²) in [4.78, 5) is 23.1. The van der Waals surface area contributed by atoms with Gasteiger partial charge in [-0.1, -0.05) is 22.9 Å². The van der Waals surface area contributed by atoms with Crippen molar-refractivity contribution >= 4 is 27.7 Å². The zero-order valence-corrected chi connectivity index (χ0v) is 12.7. The Labute approximate surface area is 121 Å². The second-order valence-electron chi connectivity index (χ2n) is 3.99. The molecule has 0 unspecified atom stereocenters. The van der Waals surface area contributed by atoms with Crippen molar-refractivity contribution in [3.63, 3.8) is 0 Å². The first-order chi connectivity index (χ1) is 9.08. The predicted octanol–water partition coefficient (Wildman–Crippen LogP) is 3.37. The van der Waals surface area contributed by atoms with Crippen LogP contribution in [-0.2, 0) is 9.53 Å². The van der Waals surface area contributed by atoms with Crippen molar-refractivity contribution in [2.75, 3.05) is 13.7 Å². The number of Topliss-reactive ketones (excluding diaryl/α,β-unsaturated/α-hetero) is 1. The van der Waals surface area contributed by atoms with Crippen LogP contribution < -0.4 is 4.74 Å². The van der Waals surface area contributed by atoms with Gasteiger partial charge in [-0.15, -0.1) is 0 Å². The van der Waals surface area contributed by atoms with Crippen molar-refractivity contribution in [1.29, 1.82) is 0 Å². The fourth-order valence-electron chi connectivity index (χ4n) is 1.51. The summed E-state index contributed by atoms with van der Waals surface area (Å²) < 4.78 is 10.9. The highest BCUT2D eigenvalue weighted by atomic mass is 79.9. The van der Waals surface area contributed by atoms with E-state index in [1.807, 2.05) is 13.0 Å². The molecule has 104 valence electrons. The summed E-state index contributed by atoms with van der Waals surface area (Å²) in [5.74, 6) is 0.0390. The molecular formula is C14H17BrO4. The third-order valence-corrected chi connectivity index (χ3v) is 2.98. The lowest BCUT2D eigenvalue weighted by molar-refractivity contribution is -0.140. The van der Waals surface area contributed by atoms with Crippen LogP contribution in [0.2, 0.25) is 0 Å². The van der Waals surface area contributed by atoms with Gasteiger partial charge in [-0.3, -0.25) is 9.59 Å². The summed E-state index contributed by atoms with van der Waals surface area (Å²) in [5, 5.41) is 0. The largest absolute Gasteiger partial charge is 0.493 e. The zero-order chi connectivity index (χ0) is 14.3. The lowest BCUT2D eigenvalue weighted by Crippen LogP contribution is -2.08. The molecule has 0 radical (unpaired) electrons. The third-order valence-electron chi connectivity index (χ3n) is 2.49. The van der Waals surface area contributed by atoms with Crippen molar-refractivity contribution in [2.45, 2.75) is 26.2 Å². The zero-order valence-electron chi connectivity index (χ0n) is 11.1. The Kier molecular flexibility index (Phi) is 6.56. The number of ketones is 1. The van der Waals surface area contributed by atoms with Gasteiger partial charge in [-0.25, -0.2) is 0 Å². The fraction of sp³-hybridized carbons (Fsp3) is 0.429. The van der Waals surface area contributed by atoms with Crippen molar-refractivity contribution in [2.24, 2.45) is 0 Å². The molecule has 1 aromatic rings. The molecule has 0 heterocycles. The van der Waals surface area contributed by atoms with Crippen LogP contribution in [0.3, 0.4) is 0 Å². The number of hydrogen-bond acceptors (Lipinski definition) is 4. The number of methoxy groups -OCH3 is 1. The van der Waals surface area contributed by atoms with E-state index in [0.29, 0.717) is 17.9 Å². The number of carbonyl (C=O) groups excluding carboxylic acids is 2. The Bertz CT molecular complexity index is 457. The summed E-state index contributed by atoms with van der Waals surface area (Å²) >= 11 is 3.33. The molecule has 19 heavy (non-hydrogen) atoms. The molecule has 0 atom stereocenters. The Morgan fingerprint density at radius 2 is 2.00 bits per heavy atom. The van der Waals surface area contributed by atoms with Gasteiger partial charge in [0, 0.05) is 10.9 Å². The SMILES string of the molecule is CCCOc1ccc(Br)cc1C(=O)CCC(=O)OC. The molecule has 0 N–H and O–H groups in total. The molecule has 1 rings (SSSR count). The first-order valence-electron chi connectivity index (χ1n) is 6.10. The summed E-state index contributed by atoms with van der Waals surface area (Å²) in [6, 6.07) is 5.29. The molecule has 0 aliphatic heterocycles. The molecule has 0 spiro atoms. The standard InChI is InChI=1S/C14H17BrO4/c1-3-8-19-13-6-4-10(15)9-11(13)12(16)5-7-14(17)18-2/h4,6,9H,3,5,7-8H2,1-2H3. The van der Waals surface area contributed by atoms with Crippen LogP contribution in [0.1, 0.15) is 36.5 Å². The molecule has 0 saturated carbocycles. The van der Waals surface area contributed by atoms with E-state index in [2.05, 4.69) is 20.7 Å². The molecule has 0 aliphatic carbocycles. The van der Waals surface area contributed by atoms with Crippen LogP contribution in [0.25, 0.3) is 0 Å². The smallest absolute Gasteiger partial charge is 0.305 e. The number of hydrogen-bond donors (Lipinski definition) is 0. The first kappa shape index (κ1) is 15.7. The maximum Gasteiger partial charge on any atom is 0.305 e. The van der Waals surface area contributed by atoms with E-state index in [4.69, 9.17) is 4.74 Å². The monoisotopic (exact) mass is 328 g/mol. The molecule has 0 amide bonds. The van der Waals surface area contributed by atoms with Gasteiger partial charge in [0.25, 0.3) is 0 Å². The number of halogens is 1. The minimum Gasteiger partial charge on any atom is -0.493 e. The maximum absolute atomic E-state index is 12.1. The van der Waals surface area contributed by atoms with Gasteiger partial charge in [-0.2, -0.15) is 0 Å². The van der Waals surface area contributed by atoms with E-state index in [0.717, 1.165) is 10.9 Å². The van der Waals surface area contributed by atoms with Gasteiger partial charge in [0.15, 0.2) is 5.78 Å². The topological polar surface area (TPSA) is 52.6 Å². The molecule has 0 aliphatic rings. The maximum atomic E-state index is 12.1. The summed E-state index contributed by atoms with van der Waals surface area (Å²) in [6.45, 7) is 2.55. The number of benzene rings is 1. The lowest BCUT2D eigenvalue weighted by atomic mass is 10.1. The second-order valence-corrected chi connectivity index (χ2v) is 4.90. The van der Waals surface area contributed by atoms with Crippen LogP contribution in [0.5, 0.6) is 5.75 Å². The van der Waals surface area contributed by atoms with E-state index < -0.39 is 0 Å². The van der Waals surface area contributed by atoms with Crippen molar-refractivity contribution in [3.8, 4) is 5.75 Å². The Balaban J connectivity index is 2.81. The van der Waals surface area contributed by atoms with Crippen molar-refractivity contribution in [3.05, 3.63) is 28.2 Å². The summed E-state index contributed by atoms with van der Waals surface area (Å²) in [5.41, 5.74) is 0.492. The molecule has 0 saturated heterocycles. The molecule has 4 nitrogen and oxygen atoms in total. The van der Waals surface area contributed by atoms with Crippen LogP contribution in [0.4, 0.5) is 0 Å². The molecule has 1 aromatic carbocycles. The van der Waals surface area contributed by atoms with Crippen LogP contribution in [0.15, 0.2) is 22.7 Å². The lowest BCUT2D eigenvalue weighted by Gasteiger charge is -2.10. The van der Waals surface area contributed by atoms with Gasteiger partial charge >= 0.3 is 5.97 Å². The number of rotatable bonds is 7. The first-order valence-corrected chi connectivity index (χ1v) is 6.90. The predicted molar refractivity (Wildman–Crippen MR) is 75.5 cm³/mol. The molecule has 0 aromatic heterocycles. The molecule has 0 bridgehead atoms. The van der Waals surface area contributed by atoms with E-state index in [1.165, 1.54) is 7.11 Å². The average molecular weight is 329 g/mol. The van der Waals surface area contributed by atoms with Crippen LogP contribution in [0, 0.1) is 0 Å². The number of carbonyl (C=O) groups is 2. The van der Waals surface area contributed by atoms with Gasteiger partial charge in [0.2, 0.25) is 0 Å². The molecule has 5 heteroatoms. The Morgan fingerprint density at radius 3 is 2.63 bits per heavy atom. The van der Waals surface area contributed by atoms with Crippen molar-refractivity contribution in [1.82, 2.24) is 0 Å². The normalized spacial score (nSPS) is 10.1. The molecular weight excluding hydrogens is 312 g/mol. The van der Waals surface area contributed by atoms with Gasteiger partial charge in [-0.05, 0) is 24.6 Å². The highest BCUT2D eigenvalue weighted by Gasteiger charge is 2.15. The minimum atomic E-state index is -0.389. The highest BCUT2D eigenvalue weighted by Crippen LogP contribution is 2.25. The van der Waals surface area contributed by atoms with Gasteiger partial charge in [0.05, 0.1) is 25.7 Å². The van der Waals surface area contributed by atoms with Crippen LogP contribution in [-0.4, -0.2) is 25.5 Å². The fourth-order valence-corrected chi connectivity index (χ4v) is 1.87. The average Bonchev–Trinajstić information content (AvgIpc) is 2.42. The van der Waals surface area contributed by atoms with E-state index >= 15 is 0 Å². The van der Waals surface area contributed by atoms with E-state index in [-0.39, 0.29) is 24.6 Å². The van der Waals surface area contributed by atoms with Gasteiger partial charge in [0.1, 0.15) is 5.75 Å². The summed E-state index contributed by atoms with van der Waals surface area (Å²) in [6.07, 6.45) is 1.06. The Hall–Kier alpha value is -1.36.